The van der Waals surface area contributed by atoms with Crippen molar-refractivity contribution in [3.05, 3.63) is 35.9 Å². The molecule has 1 aromatic carbocycles. The minimum absolute atomic E-state index is 0.0213. The highest BCUT2D eigenvalue weighted by molar-refractivity contribution is 5.96. The van der Waals surface area contributed by atoms with Crippen LogP contribution in [-0.2, 0) is 39.9 Å². The third kappa shape index (κ3) is 11.8. The largest absolute Gasteiger partial charge is 0.467 e. The Labute approximate surface area is 276 Å². The van der Waals surface area contributed by atoms with Crippen LogP contribution in [-0.4, -0.2) is 96.2 Å². The molecule has 4 N–H and O–H groups in total. The van der Waals surface area contributed by atoms with Crippen molar-refractivity contribution < 1.29 is 42.6 Å². The highest BCUT2D eigenvalue weighted by Gasteiger charge is 2.44. The molecule has 1 aliphatic heterocycles. The van der Waals surface area contributed by atoms with Crippen LogP contribution < -0.4 is 21.3 Å². The Morgan fingerprint density at radius 1 is 0.872 bits per heavy atom. The molecule has 2 rings (SSSR count). The summed E-state index contributed by atoms with van der Waals surface area (Å²) in [5.41, 5.74) is -0.106. The molecule has 14 heteroatoms. The molecule has 0 aliphatic carbocycles. The number of rotatable bonds is 13. The Morgan fingerprint density at radius 2 is 1.47 bits per heavy atom. The van der Waals surface area contributed by atoms with Gasteiger partial charge in [0.05, 0.1) is 13.7 Å². The number of benzene rings is 1. The van der Waals surface area contributed by atoms with Crippen molar-refractivity contribution in [3.63, 3.8) is 0 Å². The molecule has 0 bridgehead atoms. The van der Waals surface area contributed by atoms with E-state index in [0.29, 0.717) is 5.56 Å². The lowest BCUT2D eigenvalue weighted by molar-refractivity contribution is -0.147. The number of nitrogens with zero attached hydrogens (tertiary/aromatic N) is 1. The number of esters is 1. The maximum atomic E-state index is 14.9. The van der Waals surface area contributed by atoms with Crippen molar-refractivity contribution in [2.75, 3.05) is 13.7 Å². The molecule has 47 heavy (non-hydrogen) atoms. The number of nitrogens with one attached hydrogen (secondary N) is 4. The monoisotopic (exact) mass is 663 g/mol. The van der Waals surface area contributed by atoms with E-state index >= 15 is 0 Å². The summed E-state index contributed by atoms with van der Waals surface area (Å²) in [6.45, 7) is 12.9. The van der Waals surface area contributed by atoms with Crippen molar-refractivity contribution in [2.45, 2.75) is 110 Å². The maximum absolute atomic E-state index is 14.9. The van der Waals surface area contributed by atoms with Gasteiger partial charge in [0.25, 0.3) is 0 Å². The zero-order valence-corrected chi connectivity index (χ0v) is 28.7. The second-order valence-corrected chi connectivity index (χ2v) is 13.4. The van der Waals surface area contributed by atoms with E-state index in [0.717, 1.165) is 4.90 Å². The van der Waals surface area contributed by atoms with Gasteiger partial charge < -0.3 is 35.6 Å². The molecule has 1 saturated heterocycles. The lowest BCUT2D eigenvalue weighted by atomic mass is 9.99. The van der Waals surface area contributed by atoms with E-state index in [1.807, 2.05) is 0 Å². The first kappa shape index (κ1) is 39.0. The normalized spacial score (nSPS) is 18.9. The number of likely N-dealkylation sites (tertiary alicyclic amines) is 1. The van der Waals surface area contributed by atoms with Gasteiger partial charge in [0, 0.05) is 12.8 Å². The number of carbonyl (C=O) groups is 6. The van der Waals surface area contributed by atoms with Gasteiger partial charge >= 0.3 is 12.1 Å². The molecule has 1 heterocycles. The summed E-state index contributed by atoms with van der Waals surface area (Å²) in [6.07, 6.45) is -2.65. The van der Waals surface area contributed by atoms with Gasteiger partial charge in [0.1, 0.15) is 42.0 Å². The van der Waals surface area contributed by atoms with Crippen LogP contribution in [0.3, 0.4) is 0 Å². The van der Waals surface area contributed by atoms with Crippen molar-refractivity contribution in [3.8, 4) is 0 Å². The first-order valence-electron chi connectivity index (χ1n) is 15.8. The summed E-state index contributed by atoms with van der Waals surface area (Å²) >= 11 is 0. The van der Waals surface area contributed by atoms with Crippen LogP contribution in [0, 0.1) is 11.8 Å². The fourth-order valence-electron chi connectivity index (χ4n) is 5.03. The predicted octanol–water partition coefficient (Wildman–Crippen LogP) is 2.02. The smallest absolute Gasteiger partial charge is 0.408 e. The molecular weight excluding hydrogens is 613 g/mol. The molecule has 13 nitrogen and oxygen atoms in total. The molecule has 262 valence electrons. The summed E-state index contributed by atoms with van der Waals surface area (Å²) in [6, 6.07) is 3.17. The molecule has 0 saturated carbocycles. The van der Waals surface area contributed by atoms with Gasteiger partial charge in [-0.2, -0.15) is 0 Å². The zero-order valence-electron chi connectivity index (χ0n) is 28.7. The molecule has 0 radical (unpaired) electrons. The highest BCUT2D eigenvalue weighted by Crippen LogP contribution is 2.23. The number of hydrogen-bond donors (Lipinski definition) is 4. The third-order valence-corrected chi connectivity index (χ3v) is 7.53. The summed E-state index contributed by atoms with van der Waals surface area (Å²) in [5, 5.41) is 10.3. The molecule has 5 amide bonds. The van der Waals surface area contributed by atoms with Gasteiger partial charge in [-0.25, -0.2) is 14.0 Å². The molecular formula is C33H50FN5O8. The number of methoxy groups -OCH3 is 1. The highest BCUT2D eigenvalue weighted by atomic mass is 19.1. The van der Waals surface area contributed by atoms with E-state index in [1.165, 1.54) is 14.0 Å². The van der Waals surface area contributed by atoms with Crippen molar-refractivity contribution in [1.29, 1.82) is 0 Å². The zero-order chi connectivity index (χ0) is 35.6. The van der Waals surface area contributed by atoms with Crippen molar-refractivity contribution >= 4 is 35.7 Å². The van der Waals surface area contributed by atoms with E-state index in [-0.39, 0.29) is 18.8 Å². The van der Waals surface area contributed by atoms with Gasteiger partial charge in [-0.15, -0.1) is 0 Å². The van der Waals surface area contributed by atoms with Crippen LogP contribution in [0.4, 0.5) is 9.18 Å². The molecule has 0 aromatic heterocycles. The van der Waals surface area contributed by atoms with Gasteiger partial charge in [0.15, 0.2) is 0 Å². The number of carbonyl (C=O) groups excluding carboxylic acids is 6. The van der Waals surface area contributed by atoms with E-state index in [4.69, 9.17) is 9.47 Å². The minimum Gasteiger partial charge on any atom is -0.467 e. The standard InChI is InChI=1S/C33H50FN5O8/c1-18(2)25(29(42)38-26(19(3)4)31(44)46-9)37-28(41)24-16-22(34)17-39(24)30(43)23(15-21-13-11-10-12-14-21)36-27(40)20(5)35-32(45)47-33(6,7)8/h10-14,18-20,22-26H,15-17H2,1-9H3,(H,35,45)(H,36,40)(H,37,41)(H,38,42)/t20-,22-,23-,24-,25-,26-/m0/s1. The summed E-state index contributed by atoms with van der Waals surface area (Å²) in [5.74, 6) is -4.16. The number of alkyl carbamates (subject to hydrolysis) is 1. The quantitative estimate of drug-likeness (QED) is 0.232. The van der Waals surface area contributed by atoms with Gasteiger partial charge in [0.2, 0.25) is 23.6 Å². The summed E-state index contributed by atoms with van der Waals surface area (Å²) in [7, 11) is 1.20. The lowest BCUT2D eigenvalue weighted by Crippen LogP contribution is -2.59. The van der Waals surface area contributed by atoms with E-state index < -0.39 is 90.1 Å². The minimum atomic E-state index is -1.54. The van der Waals surface area contributed by atoms with Crippen LogP contribution in [0.2, 0.25) is 0 Å². The average molecular weight is 664 g/mol. The van der Waals surface area contributed by atoms with E-state index in [9.17, 15) is 33.2 Å². The van der Waals surface area contributed by atoms with Crippen molar-refractivity contribution in [1.82, 2.24) is 26.2 Å². The summed E-state index contributed by atoms with van der Waals surface area (Å²) in [4.78, 5) is 79.5. The number of amides is 5. The fourth-order valence-corrected chi connectivity index (χ4v) is 5.03. The number of alkyl halides is 1. The topological polar surface area (TPSA) is 172 Å². The van der Waals surface area contributed by atoms with Crippen molar-refractivity contribution in [2.24, 2.45) is 11.8 Å². The van der Waals surface area contributed by atoms with Crippen LogP contribution in [0.25, 0.3) is 0 Å². The predicted molar refractivity (Wildman–Crippen MR) is 171 cm³/mol. The Kier molecular flexibility index (Phi) is 14.1. The molecule has 6 atom stereocenters. The third-order valence-electron chi connectivity index (χ3n) is 7.53. The van der Waals surface area contributed by atoms with Crippen LogP contribution >= 0.6 is 0 Å². The molecule has 0 spiro atoms. The van der Waals surface area contributed by atoms with E-state index in [1.54, 1.807) is 78.8 Å². The Bertz CT molecular complexity index is 1270. The SMILES string of the molecule is COC(=O)[C@@H](NC(=O)[C@@H](NC(=O)[C@@H]1C[C@H](F)CN1C(=O)[C@H](Cc1ccccc1)NC(=O)[C@H](C)NC(=O)OC(C)(C)C)C(C)C)C(C)C. The second-order valence-electron chi connectivity index (χ2n) is 13.4. The Morgan fingerprint density at radius 3 is 2.00 bits per heavy atom. The number of ether oxygens (including phenoxy) is 2. The van der Waals surface area contributed by atoms with Gasteiger partial charge in [-0.3, -0.25) is 19.2 Å². The second kappa shape index (κ2) is 17.1. The first-order chi connectivity index (χ1) is 21.8. The van der Waals surface area contributed by atoms with E-state index in [2.05, 4.69) is 21.3 Å². The lowest BCUT2D eigenvalue weighted by Gasteiger charge is -2.31. The molecule has 0 unspecified atom stereocenters. The Hall–Kier alpha value is -4.23. The number of hydrogen-bond acceptors (Lipinski definition) is 8. The summed E-state index contributed by atoms with van der Waals surface area (Å²) < 4.78 is 24.9. The van der Waals surface area contributed by atoms with Crippen LogP contribution in [0.15, 0.2) is 30.3 Å². The number of halogens is 1. The average Bonchev–Trinajstić information content (AvgIpc) is 3.37. The van der Waals surface area contributed by atoms with Crippen LogP contribution in [0.5, 0.6) is 0 Å². The maximum Gasteiger partial charge on any atom is 0.408 e. The van der Waals surface area contributed by atoms with Gasteiger partial charge in [-0.05, 0) is 45.1 Å². The molecule has 1 aliphatic rings. The molecule has 1 fully saturated rings. The van der Waals surface area contributed by atoms with Gasteiger partial charge in [-0.1, -0.05) is 58.0 Å². The fraction of sp³-hybridized carbons (Fsp3) is 0.636. The first-order valence-corrected chi connectivity index (χ1v) is 15.8. The Balaban J connectivity index is 2.28. The molecule has 1 aromatic rings. The van der Waals surface area contributed by atoms with Crippen LogP contribution in [0.1, 0.15) is 67.4 Å².